The van der Waals surface area contributed by atoms with Crippen molar-refractivity contribution in [2.45, 2.75) is 60.8 Å². The molecule has 1 aliphatic heterocycles. The number of hydrogen-bond acceptors (Lipinski definition) is 5. The molecule has 1 unspecified atom stereocenters. The lowest BCUT2D eigenvalue weighted by Gasteiger charge is -2.45. The van der Waals surface area contributed by atoms with E-state index in [0.29, 0.717) is 31.1 Å². The van der Waals surface area contributed by atoms with Crippen molar-refractivity contribution in [3.05, 3.63) is 48.8 Å². The highest BCUT2D eigenvalue weighted by Gasteiger charge is 2.48. The number of nitrogens with zero attached hydrogens (tertiary/aromatic N) is 1. The molecule has 3 fully saturated rings. The lowest BCUT2D eigenvalue weighted by atomic mass is 9.71. The van der Waals surface area contributed by atoms with Crippen LogP contribution in [0.5, 0.6) is 0 Å². The van der Waals surface area contributed by atoms with Crippen molar-refractivity contribution in [2.75, 3.05) is 6.54 Å². The Hall–Kier alpha value is -2.51. The number of fused-ring (bicyclic) bond motifs is 1. The molecule has 6 rings (SSSR count). The summed E-state index contributed by atoms with van der Waals surface area (Å²) in [5.74, 6) is 1.09. The van der Waals surface area contributed by atoms with Crippen LogP contribution in [0, 0.1) is 11.8 Å². The number of sulfone groups is 1. The molecule has 1 spiro atoms. The maximum Gasteiger partial charge on any atom is 0.198 e. The summed E-state index contributed by atoms with van der Waals surface area (Å²) in [7, 11) is -3.48. The summed E-state index contributed by atoms with van der Waals surface area (Å²) in [6.07, 6.45) is 9.64. The number of aromatic nitrogens is 2. The summed E-state index contributed by atoms with van der Waals surface area (Å²) in [5, 5.41) is 4.38. The van der Waals surface area contributed by atoms with Gasteiger partial charge in [0.15, 0.2) is 14.9 Å². The predicted molar refractivity (Wildman–Crippen MR) is 128 cm³/mol. The zero-order chi connectivity index (χ0) is 22.6. The van der Waals surface area contributed by atoms with Gasteiger partial charge in [-0.3, -0.25) is 4.79 Å². The molecule has 2 saturated carbocycles. The molecule has 0 bridgehead atoms. The Kier molecular flexibility index (Phi) is 4.96. The number of benzene rings is 1. The topological polar surface area (TPSA) is 91.9 Å². The minimum absolute atomic E-state index is 0.0685. The van der Waals surface area contributed by atoms with Crippen LogP contribution in [0.3, 0.4) is 0 Å². The lowest BCUT2D eigenvalue weighted by Crippen LogP contribution is -2.57. The van der Waals surface area contributed by atoms with Crippen LogP contribution in [0.1, 0.15) is 44.9 Å². The Morgan fingerprint density at radius 1 is 0.970 bits per heavy atom. The van der Waals surface area contributed by atoms with Crippen LogP contribution < -0.4 is 5.32 Å². The second-order valence-corrected chi connectivity index (χ2v) is 12.3. The minimum Gasteiger partial charge on any atom is -0.361 e. The molecule has 1 aromatic carbocycles. The normalized spacial score (nSPS) is 28.4. The zero-order valence-corrected chi connectivity index (χ0v) is 19.4. The van der Waals surface area contributed by atoms with Crippen LogP contribution in [0.4, 0.5) is 0 Å². The van der Waals surface area contributed by atoms with Crippen LogP contribution >= 0.6 is 0 Å². The average molecular weight is 464 g/mol. The number of H-pyrrole nitrogens is 1. The van der Waals surface area contributed by atoms with E-state index < -0.39 is 15.1 Å². The summed E-state index contributed by atoms with van der Waals surface area (Å²) in [6.45, 7) is 0.440. The highest BCUT2D eigenvalue weighted by Crippen LogP contribution is 2.46. The molecular formula is C26H29N3O3S. The molecule has 2 aliphatic carbocycles. The third-order valence-corrected chi connectivity index (χ3v) is 10.3. The molecule has 1 saturated heterocycles. The van der Waals surface area contributed by atoms with Crippen LogP contribution in [0.15, 0.2) is 53.8 Å². The molecular weight excluding hydrogens is 434 g/mol. The highest BCUT2D eigenvalue weighted by atomic mass is 32.2. The molecule has 7 heteroatoms. The number of nitrogens with one attached hydrogen (secondary N) is 2. The van der Waals surface area contributed by atoms with Crippen molar-refractivity contribution >= 4 is 26.5 Å². The molecule has 3 aliphatic rings. The van der Waals surface area contributed by atoms with Crippen LogP contribution in [0.25, 0.3) is 22.0 Å². The largest absolute Gasteiger partial charge is 0.361 e. The van der Waals surface area contributed by atoms with E-state index in [-0.39, 0.29) is 16.5 Å². The van der Waals surface area contributed by atoms with Gasteiger partial charge in [0, 0.05) is 34.9 Å². The molecule has 6 nitrogen and oxygen atoms in total. The van der Waals surface area contributed by atoms with E-state index in [1.54, 1.807) is 12.3 Å². The van der Waals surface area contributed by atoms with E-state index in [9.17, 15) is 13.2 Å². The Balaban J connectivity index is 1.16. The molecule has 2 N–H and O–H groups in total. The maximum absolute atomic E-state index is 13.3. The van der Waals surface area contributed by atoms with Gasteiger partial charge < -0.3 is 10.3 Å². The molecule has 1 atom stereocenters. The van der Waals surface area contributed by atoms with Crippen molar-refractivity contribution in [3.63, 3.8) is 0 Å². The van der Waals surface area contributed by atoms with Crippen molar-refractivity contribution in [1.29, 1.82) is 0 Å². The van der Waals surface area contributed by atoms with Crippen molar-refractivity contribution in [3.8, 4) is 11.1 Å². The average Bonchev–Trinajstić information content (AvgIpc) is 3.57. The lowest BCUT2D eigenvalue weighted by molar-refractivity contribution is -0.126. The van der Waals surface area contributed by atoms with Gasteiger partial charge in [0.25, 0.3) is 0 Å². The molecule has 3 aromatic rings. The Labute approximate surface area is 194 Å². The molecule has 33 heavy (non-hydrogen) atoms. The van der Waals surface area contributed by atoms with E-state index in [2.05, 4.69) is 21.4 Å². The Bertz CT molecular complexity index is 1300. The first-order chi connectivity index (χ1) is 15.9. The second kappa shape index (κ2) is 7.77. The summed E-state index contributed by atoms with van der Waals surface area (Å²) in [5.41, 5.74) is 2.88. The zero-order valence-electron chi connectivity index (χ0n) is 18.6. The van der Waals surface area contributed by atoms with Crippen molar-refractivity contribution in [1.82, 2.24) is 15.3 Å². The molecule has 0 radical (unpaired) electrons. The standard InChI is InChI=1S/C26H29N3O3S/c30-24-16-29-26(14-22(24)17-1-2-17)10-7-21(8-11-26)33(31,32)25-6-5-20(15-28-25)19-4-3-18-9-12-27-23(18)13-19/h3-6,9,12-13,15,17,21-22,27,29H,1-2,7-8,10-11,14,16H2. The first kappa shape index (κ1) is 21.1. The summed E-state index contributed by atoms with van der Waals surface area (Å²) >= 11 is 0. The minimum atomic E-state index is -3.48. The first-order valence-electron chi connectivity index (χ1n) is 12.0. The molecule has 0 amide bonds. The predicted octanol–water partition coefficient (Wildman–Crippen LogP) is 4.27. The SMILES string of the molecule is O=C1CNC2(CCC(S(=O)(=O)c3ccc(-c4ccc5cc[nH]c5c4)cn3)CC2)CC1C1CC1. The van der Waals surface area contributed by atoms with Gasteiger partial charge in [-0.1, -0.05) is 12.1 Å². The molecule has 172 valence electrons. The number of rotatable bonds is 4. The number of piperidine rings is 1. The number of carbonyl (C=O) groups is 1. The monoisotopic (exact) mass is 463 g/mol. The number of Topliss-reactive ketones (excluding diaryl/α,β-unsaturated/α-hetero) is 1. The fourth-order valence-electron chi connectivity index (χ4n) is 5.89. The third-order valence-electron chi connectivity index (χ3n) is 8.10. The number of aromatic amines is 1. The summed E-state index contributed by atoms with van der Waals surface area (Å²) in [6, 6.07) is 11.6. The fraction of sp³-hybridized carbons (Fsp3) is 0.462. The molecule has 3 heterocycles. The van der Waals surface area contributed by atoms with Gasteiger partial charge in [0.2, 0.25) is 0 Å². The van der Waals surface area contributed by atoms with Crippen molar-refractivity contribution < 1.29 is 13.2 Å². The second-order valence-electron chi connectivity index (χ2n) is 10.2. The maximum atomic E-state index is 13.3. The smallest absolute Gasteiger partial charge is 0.198 e. The molecule has 2 aromatic heterocycles. The van der Waals surface area contributed by atoms with Gasteiger partial charge in [0.1, 0.15) is 5.78 Å². The number of ketones is 1. The number of carbonyl (C=O) groups excluding carboxylic acids is 1. The van der Waals surface area contributed by atoms with Gasteiger partial charge >= 0.3 is 0 Å². The fourth-order valence-corrected chi connectivity index (χ4v) is 7.55. The van der Waals surface area contributed by atoms with E-state index in [1.165, 1.54) is 12.8 Å². The van der Waals surface area contributed by atoms with Crippen molar-refractivity contribution in [2.24, 2.45) is 11.8 Å². The Morgan fingerprint density at radius 2 is 1.76 bits per heavy atom. The van der Waals surface area contributed by atoms with Gasteiger partial charge in [-0.15, -0.1) is 0 Å². The van der Waals surface area contributed by atoms with Gasteiger partial charge in [-0.25, -0.2) is 13.4 Å². The van der Waals surface area contributed by atoms with Gasteiger partial charge in [-0.2, -0.15) is 0 Å². The van der Waals surface area contributed by atoms with E-state index in [1.807, 2.05) is 30.5 Å². The third kappa shape index (κ3) is 3.81. The van der Waals surface area contributed by atoms with Gasteiger partial charge in [-0.05, 0) is 86.1 Å². The van der Waals surface area contributed by atoms with Crippen LogP contribution in [-0.4, -0.2) is 41.5 Å². The van der Waals surface area contributed by atoms with E-state index >= 15 is 0 Å². The van der Waals surface area contributed by atoms with Gasteiger partial charge in [0.05, 0.1) is 11.8 Å². The van der Waals surface area contributed by atoms with Crippen LogP contribution in [0.2, 0.25) is 0 Å². The van der Waals surface area contributed by atoms with Crippen LogP contribution in [-0.2, 0) is 14.6 Å². The summed E-state index contributed by atoms with van der Waals surface area (Å²) in [4.78, 5) is 19.9. The Morgan fingerprint density at radius 3 is 2.48 bits per heavy atom. The summed E-state index contributed by atoms with van der Waals surface area (Å²) < 4.78 is 26.7. The quantitative estimate of drug-likeness (QED) is 0.603. The number of hydrogen-bond donors (Lipinski definition) is 2. The highest BCUT2D eigenvalue weighted by molar-refractivity contribution is 7.92. The van der Waals surface area contributed by atoms with E-state index in [0.717, 1.165) is 41.3 Å². The number of pyridine rings is 1. The first-order valence-corrected chi connectivity index (χ1v) is 13.5. The van der Waals surface area contributed by atoms with E-state index in [4.69, 9.17) is 0 Å².